The van der Waals surface area contributed by atoms with Gasteiger partial charge in [0.25, 0.3) is 0 Å². The summed E-state index contributed by atoms with van der Waals surface area (Å²) in [5.74, 6) is 2.30. The highest BCUT2D eigenvalue weighted by Gasteiger charge is 2.16. The van der Waals surface area contributed by atoms with E-state index >= 15 is 0 Å². The number of benzene rings is 1. The first-order chi connectivity index (χ1) is 9.74. The molecule has 0 fully saturated rings. The third-order valence-electron chi connectivity index (χ3n) is 3.45. The molecule has 1 atom stereocenters. The summed E-state index contributed by atoms with van der Waals surface area (Å²) < 4.78 is 13.1. The number of hydrogen-bond donors (Lipinski definition) is 1. The van der Waals surface area contributed by atoms with Gasteiger partial charge in [-0.1, -0.05) is 6.07 Å². The Morgan fingerprint density at radius 3 is 2.85 bits per heavy atom. The molecule has 1 aromatic carbocycles. The van der Waals surface area contributed by atoms with Gasteiger partial charge in [-0.05, 0) is 17.7 Å². The van der Waals surface area contributed by atoms with Crippen molar-refractivity contribution in [2.45, 2.75) is 18.9 Å². The average Bonchev–Trinajstić information content (AvgIpc) is 2.73. The Hall–Kier alpha value is -2.01. The average molecular weight is 274 g/mol. The van der Waals surface area contributed by atoms with Crippen molar-refractivity contribution in [3.63, 3.8) is 0 Å². The topological polar surface area (TPSA) is 56.5 Å². The molecule has 0 radical (unpaired) electrons. The molecule has 0 bridgehead atoms. The van der Waals surface area contributed by atoms with Crippen LogP contribution in [0.4, 0.5) is 0 Å². The molecule has 1 unspecified atom stereocenters. The van der Waals surface area contributed by atoms with Crippen LogP contribution in [0.1, 0.15) is 23.9 Å². The number of rotatable bonds is 3. The van der Waals surface area contributed by atoms with Crippen molar-refractivity contribution in [2.24, 2.45) is 7.05 Å². The predicted molar refractivity (Wildman–Crippen MR) is 73.9 cm³/mol. The van der Waals surface area contributed by atoms with Gasteiger partial charge in [-0.2, -0.15) is 0 Å². The molecule has 3 rings (SSSR count). The molecule has 2 heterocycles. The molecule has 0 saturated carbocycles. The number of hydrogen-bond acceptors (Lipinski definition) is 4. The van der Waals surface area contributed by atoms with Crippen molar-refractivity contribution < 1.29 is 14.6 Å². The number of aromatic nitrogens is 2. The van der Waals surface area contributed by atoms with Crippen LogP contribution in [0.3, 0.4) is 0 Å². The van der Waals surface area contributed by atoms with E-state index in [-0.39, 0.29) is 0 Å². The first-order valence-corrected chi connectivity index (χ1v) is 6.78. The van der Waals surface area contributed by atoms with Crippen molar-refractivity contribution in [2.75, 3.05) is 13.2 Å². The number of imidazole rings is 1. The highest BCUT2D eigenvalue weighted by Crippen LogP contribution is 2.32. The number of ether oxygens (including phenoxy) is 2. The highest BCUT2D eigenvalue weighted by atomic mass is 16.5. The molecule has 1 aromatic heterocycles. The van der Waals surface area contributed by atoms with Crippen LogP contribution in [-0.4, -0.2) is 27.9 Å². The van der Waals surface area contributed by atoms with Gasteiger partial charge in [0.15, 0.2) is 11.5 Å². The maximum Gasteiger partial charge on any atom is 0.161 e. The second-order valence-corrected chi connectivity index (χ2v) is 4.93. The van der Waals surface area contributed by atoms with Gasteiger partial charge in [0.05, 0.1) is 19.3 Å². The van der Waals surface area contributed by atoms with E-state index in [2.05, 4.69) is 4.98 Å². The van der Waals surface area contributed by atoms with Crippen LogP contribution in [0, 0.1) is 0 Å². The first kappa shape index (κ1) is 13.0. The van der Waals surface area contributed by atoms with E-state index in [0.29, 0.717) is 25.4 Å². The van der Waals surface area contributed by atoms with E-state index in [4.69, 9.17) is 9.47 Å². The lowest BCUT2D eigenvalue weighted by molar-refractivity contribution is 0.174. The van der Waals surface area contributed by atoms with Gasteiger partial charge in [-0.15, -0.1) is 0 Å². The van der Waals surface area contributed by atoms with E-state index in [1.165, 1.54) is 0 Å². The molecule has 0 spiro atoms. The molecule has 5 nitrogen and oxygen atoms in total. The van der Waals surface area contributed by atoms with Crippen LogP contribution < -0.4 is 9.47 Å². The fourth-order valence-electron chi connectivity index (χ4n) is 2.27. The number of nitrogens with zero attached hydrogens (tertiary/aromatic N) is 2. The van der Waals surface area contributed by atoms with Crippen LogP contribution in [0.5, 0.6) is 11.5 Å². The zero-order valence-corrected chi connectivity index (χ0v) is 11.5. The molecular weight excluding hydrogens is 256 g/mol. The molecule has 0 amide bonds. The zero-order chi connectivity index (χ0) is 13.9. The van der Waals surface area contributed by atoms with Crippen LogP contribution >= 0.6 is 0 Å². The SMILES string of the molecule is Cn1ccnc1CC(O)c1ccc2c(c1)OCCCO2. The van der Waals surface area contributed by atoms with Gasteiger partial charge in [0, 0.05) is 32.3 Å². The van der Waals surface area contributed by atoms with Gasteiger partial charge >= 0.3 is 0 Å². The van der Waals surface area contributed by atoms with Crippen LogP contribution in [0.25, 0.3) is 0 Å². The Balaban J connectivity index is 1.80. The minimum Gasteiger partial charge on any atom is -0.490 e. The Morgan fingerprint density at radius 2 is 2.10 bits per heavy atom. The smallest absolute Gasteiger partial charge is 0.161 e. The van der Waals surface area contributed by atoms with E-state index in [9.17, 15) is 5.11 Å². The van der Waals surface area contributed by atoms with Crippen LogP contribution in [-0.2, 0) is 13.5 Å². The second-order valence-electron chi connectivity index (χ2n) is 4.93. The van der Waals surface area contributed by atoms with E-state index in [0.717, 1.165) is 23.6 Å². The molecule has 0 aliphatic carbocycles. The van der Waals surface area contributed by atoms with E-state index in [1.54, 1.807) is 6.20 Å². The van der Waals surface area contributed by atoms with Crippen molar-refractivity contribution in [1.82, 2.24) is 9.55 Å². The van der Waals surface area contributed by atoms with E-state index < -0.39 is 6.10 Å². The zero-order valence-electron chi connectivity index (χ0n) is 11.5. The first-order valence-electron chi connectivity index (χ1n) is 6.78. The monoisotopic (exact) mass is 274 g/mol. The summed E-state index contributed by atoms with van der Waals surface area (Å²) in [6.45, 7) is 1.31. The number of fused-ring (bicyclic) bond motifs is 1. The fraction of sp³-hybridized carbons (Fsp3) is 0.400. The summed E-state index contributed by atoms with van der Waals surface area (Å²) in [7, 11) is 1.92. The molecule has 1 N–H and O–H groups in total. The summed E-state index contributed by atoms with van der Waals surface area (Å²) in [4.78, 5) is 4.23. The molecule has 2 aromatic rings. The van der Waals surface area contributed by atoms with Gasteiger partial charge in [0.1, 0.15) is 5.82 Å². The third kappa shape index (κ3) is 2.63. The van der Waals surface area contributed by atoms with Gasteiger partial charge in [0.2, 0.25) is 0 Å². The normalized spacial score (nSPS) is 15.7. The summed E-state index contributed by atoms with van der Waals surface area (Å²) >= 11 is 0. The quantitative estimate of drug-likeness (QED) is 0.928. The van der Waals surface area contributed by atoms with Gasteiger partial charge in [-0.25, -0.2) is 4.98 Å². The summed E-state index contributed by atoms with van der Waals surface area (Å²) in [5.41, 5.74) is 0.817. The number of aryl methyl sites for hydroxylation is 1. The standard InChI is InChI=1S/C15H18N2O3/c1-17-6-5-16-15(17)10-12(18)11-3-4-13-14(9-11)20-8-2-7-19-13/h3-6,9,12,18H,2,7-8,10H2,1H3. The molecule has 0 saturated heterocycles. The Bertz CT molecular complexity index is 595. The summed E-state index contributed by atoms with van der Waals surface area (Å²) in [6.07, 6.45) is 4.35. The van der Waals surface area contributed by atoms with Gasteiger partial charge < -0.3 is 19.1 Å². The third-order valence-corrected chi connectivity index (χ3v) is 3.45. The Labute approximate surface area is 117 Å². The summed E-state index contributed by atoms with van der Waals surface area (Å²) in [5, 5.41) is 10.3. The lowest BCUT2D eigenvalue weighted by Gasteiger charge is -2.14. The molecule has 106 valence electrons. The molecule has 1 aliphatic rings. The predicted octanol–water partition coefficient (Wildman–Crippen LogP) is 1.86. The Kier molecular flexibility index (Phi) is 3.60. The van der Waals surface area contributed by atoms with Crippen molar-refractivity contribution in [1.29, 1.82) is 0 Å². The lowest BCUT2D eigenvalue weighted by Crippen LogP contribution is -2.07. The van der Waals surface area contributed by atoms with Gasteiger partial charge in [-0.3, -0.25) is 0 Å². The molecule has 20 heavy (non-hydrogen) atoms. The minimum absolute atomic E-state index is 0.475. The maximum atomic E-state index is 10.3. The van der Waals surface area contributed by atoms with Crippen LogP contribution in [0.2, 0.25) is 0 Å². The van der Waals surface area contributed by atoms with Crippen molar-refractivity contribution >= 4 is 0 Å². The second kappa shape index (κ2) is 5.54. The van der Waals surface area contributed by atoms with Crippen molar-refractivity contribution in [3.05, 3.63) is 42.0 Å². The largest absolute Gasteiger partial charge is 0.490 e. The number of aliphatic hydroxyl groups excluding tert-OH is 1. The van der Waals surface area contributed by atoms with E-state index in [1.807, 2.05) is 36.0 Å². The molecule has 1 aliphatic heterocycles. The lowest BCUT2D eigenvalue weighted by atomic mass is 10.1. The summed E-state index contributed by atoms with van der Waals surface area (Å²) in [6, 6.07) is 5.59. The van der Waals surface area contributed by atoms with Crippen LogP contribution in [0.15, 0.2) is 30.6 Å². The minimum atomic E-state index is -0.603. The Morgan fingerprint density at radius 1 is 1.30 bits per heavy atom. The maximum absolute atomic E-state index is 10.3. The van der Waals surface area contributed by atoms with Crippen molar-refractivity contribution in [3.8, 4) is 11.5 Å². The highest BCUT2D eigenvalue weighted by molar-refractivity contribution is 5.44. The molecular formula is C15H18N2O3. The molecule has 5 heteroatoms. The fourth-order valence-corrected chi connectivity index (χ4v) is 2.27. The number of aliphatic hydroxyl groups is 1.